The molecule has 0 amide bonds. The molecule has 4 heteroatoms. The molecular weight excluding hydrogens is 380 g/mol. The molecule has 3 rings (SSSR count). The fourth-order valence-electron chi connectivity index (χ4n) is 3.85. The lowest BCUT2D eigenvalue weighted by Gasteiger charge is -2.47. The van der Waals surface area contributed by atoms with Crippen LogP contribution in [0.15, 0.2) is 78.9 Å². The van der Waals surface area contributed by atoms with Crippen molar-refractivity contribution in [1.82, 2.24) is 4.98 Å². The van der Waals surface area contributed by atoms with E-state index in [1.54, 1.807) is 0 Å². The van der Waals surface area contributed by atoms with Crippen molar-refractivity contribution in [3.05, 3.63) is 84.6 Å². The molecule has 0 radical (unpaired) electrons. The van der Waals surface area contributed by atoms with Gasteiger partial charge in [-0.1, -0.05) is 42.5 Å². The minimum absolute atomic E-state index is 0.508. The lowest BCUT2D eigenvalue weighted by molar-refractivity contribution is 1.10. The molecule has 0 bridgehead atoms. The maximum absolute atomic E-state index is 5.23. The van der Waals surface area contributed by atoms with Crippen LogP contribution < -0.4 is 4.90 Å². The second-order valence-electron chi connectivity index (χ2n) is 8.62. The summed E-state index contributed by atoms with van der Waals surface area (Å²) >= 11 is 0. The summed E-state index contributed by atoms with van der Waals surface area (Å²) in [5.41, 5.74) is 3.47. The van der Waals surface area contributed by atoms with E-state index < -0.39 is 20.1 Å². The molecular formula is C24H32N2S2. The molecule has 150 valence electrons. The van der Waals surface area contributed by atoms with Gasteiger partial charge in [-0.3, -0.25) is 4.90 Å². The van der Waals surface area contributed by atoms with E-state index in [4.69, 9.17) is 4.98 Å². The predicted molar refractivity (Wildman–Crippen MR) is 132 cm³/mol. The first-order valence-electron chi connectivity index (χ1n) is 9.39. The highest BCUT2D eigenvalue weighted by molar-refractivity contribution is 8.47. The Kier molecular flexibility index (Phi) is 6.11. The molecule has 2 aromatic carbocycles. The molecule has 2 nitrogen and oxygen atoms in total. The van der Waals surface area contributed by atoms with Gasteiger partial charge >= 0.3 is 0 Å². The molecule has 0 aliphatic heterocycles. The minimum Gasteiger partial charge on any atom is -0.295 e. The van der Waals surface area contributed by atoms with Gasteiger partial charge in [-0.2, -0.15) is 0 Å². The van der Waals surface area contributed by atoms with Crippen molar-refractivity contribution in [3.63, 3.8) is 0 Å². The Morgan fingerprint density at radius 3 is 1.50 bits per heavy atom. The van der Waals surface area contributed by atoms with E-state index in [0.717, 1.165) is 17.2 Å². The van der Waals surface area contributed by atoms with Crippen molar-refractivity contribution in [2.45, 2.75) is 4.58 Å². The first kappa shape index (κ1) is 20.8. The Morgan fingerprint density at radius 2 is 1.07 bits per heavy atom. The summed E-state index contributed by atoms with van der Waals surface area (Å²) in [6, 6.07) is 27.5. The van der Waals surface area contributed by atoms with E-state index in [1.165, 1.54) is 5.69 Å². The van der Waals surface area contributed by atoms with Gasteiger partial charge in [0.05, 0.1) is 10.3 Å². The van der Waals surface area contributed by atoms with E-state index in [9.17, 15) is 0 Å². The summed E-state index contributed by atoms with van der Waals surface area (Å²) in [5, 5.41) is 0. The minimum atomic E-state index is -0.791. The normalized spacial score (nSPS) is 13.4. The van der Waals surface area contributed by atoms with Crippen molar-refractivity contribution in [2.75, 3.05) is 42.4 Å². The number of hydrogen-bond donors (Lipinski definition) is 0. The van der Waals surface area contributed by atoms with Gasteiger partial charge in [0, 0.05) is 11.4 Å². The SMILES string of the molecule is CS(C)(C)C(c1cccc(N(c2ccccc2)c2ccccc2)n1)S(C)(C)C. The molecule has 0 saturated carbocycles. The first-order valence-corrected chi connectivity index (χ1v) is 15.2. The zero-order valence-corrected chi connectivity index (χ0v) is 19.4. The number of nitrogens with zero attached hydrogens (tertiary/aromatic N) is 2. The molecule has 0 aliphatic rings. The Labute approximate surface area is 173 Å². The number of rotatable bonds is 6. The van der Waals surface area contributed by atoms with Crippen molar-refractivity contribution in [1.29, 1.82) is 0 Å². The van der Waals surface area contributed by atoms with E-state index in [0.29, 0.717) is 4.58 Å². The lowest BCUT2D eigenvalue weighted by Crippen LogP contribution is -2.17. The van der Waals surface area contributed by atoms with Crippen LogP contribution in [0, 0.1) is 0 Å². The molecule has 28 heavy (non-hydrogen) atoms. The molecule has 3 aromatic rings. The molecule has 1 heterocycles. The van der Waals surface area contributed by atoms with E-state index >= 15 is 0 Å². The Bertz CT molecular complexity index is 844. The summed E-state index contributed by atoms with van der Waals surface area (Å²) in [6.07, 6.45) is 14.5. The van der Waals surface area contributed by atoms with Gasteiger partial charge in [0.2, 0.25) is 0 Å². The molecule has 1 aromatic heterocycles. The van der Waals surface area contributed by atoms with Crippen LogP contribution in [0.5, 0.6) is 0 Å². The van der Waals surface area contributed by atoms with Gasteiger partial charge in [0.1, 0.15) is 5.82 Å². The number of aromatic nitrogens is 1. The van der Waals surface area contributed by atoms with Gasteiger partial charge in [0.25, 0.3) is 0 Å². The van der Waals surface area contributed by atoms with Crippen LogP contribution >= 0.6 is 20.1 Å². The maximum atomic E-state index is 5.23. The number of pyridine rings is 1. The smallest absolute Gasteiger partial charge is 0.137 e. The monoisotopic (exact) mass is 412 g/mol. The van der Waals surface area contributed by atoms with Gasteiger partial charge in [0.15, 0.2) is 0 Å². The molecule has 0 saturated heterocycles. The Hall–Kier alpha value is -1.91. The number of para-hydroxylation sites is 2. The van der Waals surface area contributed by atoms with Crippen molar-refractivity contribution in [2.24, 2.45) is 0 Å². The molecule has 0 atom stereocenters. The number of benzene rings is 2. The molecule has 0 fully saturated rings. The van der Waals surface area contributed by atoms with Crippen LogP contribution in [0.3, 0.4) is 0 Å². The summed E-state index contributed by atoms with van der Waals surface area (Å²) in [4.78, 5) is 7.47. The maximum Gasteiger partial charge on any atom is 0.137 e. The molecule has 0 unspecified atom stereocenters. The van der Waals surface area contributed by atoms with Gasteiger partial charge in [-0.25, -0.2) is 25.0 Å². The summed E-state index contributed by atoms with van der Waals surface area (Å²) in [5.74, 6) is 0.979. The highest BCUT2D eigenvalue weighted by atomic mass is 32.3. The van der Waals surface area contributed by atoms with Crippen LogP contribution in [0.1, 0.15) is 10.3 Å². The average molecular weight is 413 g/mol. The van der Waals surface area contributed by atoms with E-state index in [1.807, 2.05) is 0 Å². The zero-order valence-electron chi connectivity index (χ0n) is 17.8. The fourth-order valence-corrected chi connectivity index (χ4v) is 12.5. The highest BCUT2D eigenvalue weighted by Gasteiger charge is 2.32. The van der Waals surface area contributed by atoms with Gasteiger partial charge in [-0.15, -0.1) is 0 Å². The third-order valence-electron chi connectivity index (χ3n) is 4.54. The summed E-state index contributed by atoms with van der Waals surface area (Å²) in [6.45, 7) is 0. The van der Waals surface area contributed by atoms with Crippen molar-refractivity contribution >= 4 is 37.2 Å². The zero-order chi connectivity index (χ0) is 20.4. The predicted octanol–water partition coefficient (Wildman–Crippen LogP) is 6.94. The topological polar surface area (TPSA) is 16.1 Å². The van der Waals surface area contributed by atoms with E-state index in [2.05, 4.69) is 121 Å². The third kappa shape index (κ3) is 4.73. The second-order valence-corrected chi connectivity index (χ2v) is 17.6. The van der Waals surface area contributed by atoms with Crippen molar-refractivity contribution in [3.8, 4) is 0 Å². The first-order chi connectivity index (χ1) is 13.2. The Morgan fingerprint density at radius 1 is 0.607 bits per heavy atom. The van der Waals surface area contributed by atoms with Crippen LogP contribution in [0.25, 0.3) is 0 Å². The van der Waals surface area contributed by atoms with Gasteiger partial charge < -0.3 is 0 Å². The third-order valence-corrected chi connectivity index (χ3v) is 11.1. The Balaban J connectivity index is 2.14. The van der Waals surface area contributed by atoms with Crippen molar-refractivity contribution < 1.29 is 0 Å². The number of anilines is 3. The largest absolute Gasteiger partial charge is 0.295 e. The van der Waals surface area contributed by atoms with Crippen LogP contribution in [-0.2, 0) is 0 Å². The van der Waals surface area contributed by atoms with Crippen LogP contribution in [0.4, 0.5) is 17.2 Å². The molecule has 0 spiro atoms. The second kappa shape index (κ2) is 8.22. The standard InChI is InChI=1S/C24H32N2S2/c1-27(2,3)24(28(4,5)6)22-18-13-19-23(25-22)26(20-14-9-7-10-15-20)21-16-11-8-12-17-21/h7-19,24H,1-6H3. The lowest BCUT2D eigenvalue weighted by atomic mass is 10.2. The van der Waals surface area contributed by atoms with Crippen LogP contribution in [0.2, 0.25) is 0 Å². The average Bonchev–Trinajstić information content (AvgIpc) is 2.62. The van der Waals surface area contributed by atoms with Crippen LogP contribution in [-0.4, -0.2) is 42.5 Å². The molecule has 0 aliphatic carbocycles. The van der Waals surface area contributed by atoms with Gasteiger partial charge in [-0.05, 0) is 73.9 Å². The fraction of sp³-hybridized carbons (Fsp3) is 0.292. The molecule has 0 N–H and O–H groups in total. The quantitative estimate of drug-likeness (QED) is 0.436. The summed E-state index contributed by atoms with van der Waals surface area (Å²) in [7, 11) is -1.58. The highest BCUT2D eigenvalue weighted by Crippen LogP contribution is 2.68. The summed E-state index contributed by atoms with van der Waals surface area (Å²) < 4.78 is 0.508. The number of hydrogen-bond acceptors (Lipinski definition) is 2. The van der Waals surface area contributed by atoms with E-state index in [-0.39, 0.29) is 0 Å².